The van der Waals surface area contributed by atoms with E-state index < -0.39 is 12.1 Å². The quantitative estimate of drug-likeness (QED) is 0.676. The lowest BCUT2D eigenvalue weighted by Crippen LogP contribution is -2.43. The fourth-order valence-corrected chi connectivity index (χ4v) is 2.57. The molecular weight excluding hydrogens is 306 g/mol. The maximum absolute atomic E-state index is 12.2. The van der Waals surface area contributed by atoms with Crippen molar-refractivity contribution in [3.05, 3.63) is 65.2 Å². The molecule has 1 aliphatic rings. The summed E-state index contributed by atoms with van der Waals surface area (Å²) in [5.41, 5.74) is 2.53. The van der Waals surface area contributed by atoms with Crippen LogP contribution in [0.15, 0.2) is 48.5 Å². The first-order valence-electron chi connectivity index (χ1n) is 7.89. The molecule has 0 radical (unpaired) electrons. The van der Waals surface area contributed by atoms with Gasteiger partial charge in [-0.3, -0.25) is 4.79 Å². The summed E-state index contributed by atoms with van der Waals surface area (Å²) in [6.45, 7) is 2.71. The number of nitrogens with one attached hydrogen (secondary N) is 1. The maximum atomic E-state index is 12.2. The number of cyclic esters (lactones) is 1. The number of carbonyl (C=O) groups excluding carboxylic acids is 2. The van der Waals surface area contributed by atoms with Crippen molar-refractivity contribution in [2.45, 2.75) is 19.4 Å². The Morgan fingerprint density at radius 3 is 2.75 bits per heavy atom. The summed E-state index contributed by atoms with van der Waals surface area (Å²) in [7, 11) is 0. The van der Waals surface area contributed by atoms with Crippen LogP contribution in [0.3, 0.4) is 0 Å². The van der Waals surface area contributed by atoms with Crippen molar-refractivity contribution in [1.82, 2.24) is 5.32 Å². The van der Waals surface area contributed by atoms with Crippen LogP contribution >= 0.6 is 0 Å². The molecule has 1 unspecified atom stereocenters. The third kappa shape index (κ3) is 3.74. The fraction of sp³-hybridized carbons (Fsp3) is 0.263. The minimum Gasteiger partial charge on any atom is -0.492 e. The predicted octanol–water partition coefficient (Wildman–Crippen LogP) is 2.27. The van der Waals surface area contributed by atoms with Gasteiger partial charge in [-0.15, -0.1) is 0 Å². The Hall–Kier alpha value is -2.82. The Bertz CT molecular complexity index is 739. The summed E-state index contributed by atoms with van der Waals surface area (Å²) >= 11 is 0. The van der Waals surface area contributed by atoms with Crippen molar-refractivity contribution in [3.8, 4) is 5.75 Å². The summed E-state index contributed by atoms with van der Waals surface area (Å²) in [6, 6.07) is 14.9. The third-order valence-electron chi connectivity index (χ3n) is 3.88. The highest BCUT2D eigenvalue weighted by atomic mass is 16.5. The average molecular weight is 325 g/mol. The van der Waals surface area contributed by atoms with Crippen LogP contribution in [0.25, 0.3) is 0 Å². The van der Waals surface area contributed by atoms with Crippen molar-refractivity contribution < 1.29 is 19.1 Å². The van der Waals surface area contributed by atoms with Crippen LogP contribution in [0.2, 0.25) is 0 Å². The molecule has 0 spiro atoms. The monoisotopic (exact) mass is 325 g/mol. The molecule has 5 heteroatoms. The van der Waals surface area contributed by atoms with Gasteiger partial charge in [0.15, 0.2) is 6.10 Å². The topological polar surface area (TPSA) is 64.6 Å². The molecule has 0 aliphatic carbocycles. The number of fused-ring (bicyclic) bond motifs is 1. The number of esters is 1. The van der Waals surface area contributed by atoms with Gasteiger partial charge in [0.05, 0.1) is 12.1 Å². The van der Waals surface area contributed by atoms with Gasteiger partial charge in [-0.05, 0) is 30.7 Å². The molecule has 24 heavy (non-hydrogen) atoms. The number of carbonyl (C=O) groups is 2. The lowest BCUT2D eigenvalue weighted by Gasteiger charge is -2.23. The lowest BCUT2D eigenvalue weighted by molar-refractivity contribution is -0.130. The second kappa shape index (κ2) is 7.17. The van der Waals surface area contributed by atoms with Crippen molar-refractivity contribution in [2.24, 2.45) is 0 Å². The molecule has 2 aromatic carbocycles. The van der Waals surface area contributed by atoms with Gasteiger partial charge in [0, 0.05) is 6.42 Å². The van der Waals surface area contributed by atoms with Gasteiger partial charge < -0.3 is 14.8 Å². The molecule has 124 valence electrons. The molecule has 5 nitrogen and oxygen atoms in total. The normalized spacial score (nSPS) is 16.0. The van der Waals surface area contributed by atoms with Gasteiger partial charge in [-0.2, -0.15) is 0 Å². The van der Waals surface area contributed by atoms with E-state index in [-0.39, 0.29) is 5.91 Å². The van der Waals surface area contributed by atoms with Crippen LogP contribution < -0.4 is 10.1 Å². The Morgan fingerprint density at radius 2 is 1.96 bits per heavy atom. The molecule has 1 N–H and O–H groups in total. The van der Waals surface area contributed by atoms with E-state index in [4.69, 9.17) is 9.47 Å². The molecular formula is C19H19NO4. The van der Waals surface area contributed by atoms with E-state index in [1.807, 2.05) is 43.3 Å². The number of hydrogen-bond donors (Lipinski definition) is 1. The minimum atomic E-state index is -0.785. The second-order valence-electron chi connectivity index (χ2n) is 5.71. The second-order valence-corrected chi connectivity index (χ2v) is 5.71. The van der Waals surface area contributed by atoms with Crippen molar-refractivity contribution in [2.75, 3.05) is 13.2 Å². The molecule has 1 atom stereocenters. The Balaban J connectivity index is 1.47. The van der Waals surface area contributed by atoms with Crippen molar-refractivity contribution in [3.63, 3.8) is 0 Å². The van der Waals surface area contributed by atoms with Crippen LogP contribution in [-0.4, -0.2) is 31.1 Å². The van der Waals surface area contributed by atoms with Crippen molar-refractivity contribution >= 4 is 11.9 Å². The molecule has 0 saturated carbocycles. The van der Waals surface area contributed by atoms with Crippen LogP contribution in [-0.2, 0) is 16.0 Å². The molecule has 0 aromatic heterocycles. The lowest BCUT2D eigenvalue weighted by atomic mass is 9.98. The highest BCUT2D eigenvalue weighted by Crippen LogP contribution is 2.20. The first-order chi connectivity index (χ1) is 11.6. The van der Waals surface area contributed by atoms with E-state index in [0.717, 1.165) is 16.9 Å². The molecule has 1 heterocycles. The molecule has 1 amide bonds. The first-order valence-corrected chi connectivity index (χ1v) is 7.89. The van der Waals surface area contributed by atoms with Gasteiger partial charge in [-0.1, -0.05) is 35.9 Å². The summed E-state index contributed by atoms with van der Waals surface area (Å²) in [5.74, 6) is 0.00568. The third-order valence-corrected chi connectivity index (χ3v) is 3.88. The molecule has 1 aliphatic heterocycles. The number of aryl methyl sites for hydroxylation is 1. The zero-order chi connectivity index (χ0) is 16.9. The fourth-order valence-electron chi connectivity index (χ4n) is 2.57. The van der Waals surface area contributed by atoms with Gasteiger partial charge in [0.1, 0.15) is 12.4 Å². The van der Waals surface area contributed by atoms with E-state index in [2.05, 4.69) is 5.32 Å². The minimum absolute atomic E-state index is 0.301. The molecule has 0 fully saturated rings. The van der Waals surface area contributed by atoms with Crippen molar-refractivity contribution in [1.29, 1.82) is 0 Å². The SMILES string of the molecule is Cc1ccc(OCCNC(=O)C2Cc3ccccc3C(=O)O2)cc1. The van der Waals surface area contributed by atoms with Gasteiger partial charge in [0.25, 0.3) is 5.91 Å². The number of hydrogen-bond acceptors (Lipinski definition) is 4. The summed E-state index contributed by atoms with van der Waals surface area (Å²) < 4.78 is 10.8. The number of ether oxygens (including phenoxy) is 2. The van der Waals surface area contributed by atoms with E-state index in [1.165, 1.54) is 0 Å². The van der Waals surface area contributed by atoms with Gasteiger partial charge in [-0.25, -0.2) is 4.79 Å². The predicted molar refractivity (Wildman–Crippen MR) is 89.0 cm³/mol. The van der Waals surface area contributed by atoms with E-state index in [9.17, 15) is 9.59 Å². The van der Waals surface area contributed by atoms with Crippen LogP contribution in [0.5, 0.6) is 5.75 Å². The zero-order valence-corrected chi connectivity index (χ0v) is 13.5. The summed E-state index contributed by atoms with van der Waals surface area (Å²) in [6.07, 6.45) is -0.390. The molecule has 0 bridgehead atoms. The van der Waals surface area contributed by atoms with E-state index in [1.54, 1.807) is 12.1 Å². The average Bonchev–Trinajstić information content (AvgIpc) is 2.60. The molecule has 0 saturated heterocycles. The standard InChI is InChI=1S/C19H19NO4/c1-13-6-8-15(9-7-13)23-11-10-20-18(21)17-12-14-4-2-3-5-16(14)19(22)24-17/h2-9,17H,10-12H2,1H3,(H,20,21). The maximum Gasteiger partial charge on any atom is 0.339 e. The Kier molecular flexibility index (Phi) is 4.79. The number of rotatable bonds is 5. The van der Waals surface area contributed by atoms with Gasteiger partial charge >= 0.3 is 5.97 Å². The van der Waals surface area contributed by atoms with E-state index in [0.29, 0.717) is 25.1 Å². The summed E-state index contributed by atoms with van der Waals surface area (Å²) in [5, 5.41) is 2.74. The first kappa shape index (κ1) is 16.1. The van der Waals surface area contributed by atoms with E-state index >= 15 is 0 Å². The number of amides is 1. The highest BCUT2D eigenvalue weighted by molar-refractivity contribution is 5.95. The Morgan fingerprint density at radius 1 is 1.21 bits per heavy atom. The smallest absolute Gasteiger partial charge is 0.339 e. The van der Waals surface area contributed by atoms with Gasteiger partial charge in [0.2, 0.25) is 0 Å². The van der Waals surface area contributed by atoms with Crippen LogP contribution in [0.4, 0.5) is 0 Å². The molecule has 3 rings (SSSR count). The van der Waals surface area contributed by atoms with Crippen LogP contribution in [0, 0.1) is 6.92 Å². The zero-order valence-electron chi connectivity index (χ0n) is 13.5. The Labute approximate surface area is 140 Å². The molecule has 2 aromatic rings. The number of benzene rings is 2. The van der Waals surface area contributed by atoms with Crippen LogP contribution in [0.1, 0.15) is 21.5 Å². The summed E-state index contributed by atoms with van der Waals surface area (Å²) in [4.78, 5) is 24.1. The largest absolute Gasteiger partial charge is 0.492 e. The highest BCUT2D eigenvalue weighted by Gasteiger charge is 2.30.